The highest BCUT2D eigenvalue weighted by atomic mass is 35.5. The van der Waals surface area contributed by atoms with Crippen molar-refractivity contribution >= 4 is 11.6 Å². The number of hydrogen-bond acceptors (Lipinski definition) is 1. The van der Waals surface area contributed by atoms with Crippen LogP contribution < -0.4 is 5.73 Å². The maximum absolute atomic E-state index is 12.9. The van der Waals surface area contributed by atoms with Crippen molar-refractivity contribution in [1.29, 1.82) is 0 Å². The topological polar surface area (TPSA) is 26.0 Å². The quantitative estimate of drug-likeness (QED) is 0.803. The highest BCUT2D eigenvalue weighted by molar-refractivity contribution is 6.30. The Labute approximate surface area is 88.1 Å². The van der Waals surface area contributed by atoms with E-state index in [2.05, 4.69) is 6.92 Å². The van der Waals surface area contributed by atoms with E-state index in [1.165, 1.54) is 6.07 Å². The van der Waals surface area contributed by atoms with Gasteiger partial charge in [0.25, 0.3) is 0 Å². The minimum Gasteiger partial charge on any atom is -0.330 e. The first-order valence-corrected chi connectivity index (χ1v) is 5.13. The van der Waals surface area contributed by atoms with Gasteiger partial charge in [-0.3, -0.25) is 0 Å². The SMILES string of the molecule is C[C@H]1CC1(CN)c1ccc(F)c(Cl)c1. The van der Waals surface area contributed by atoms with E-state index < -0.39 is 0 Å². The first-order chi connectivity index (χ1) is 6.60. The standard InChI is InChI=1S/C11H13ClFN/c1-7-5-11(7,6-14)8-2-3-10(13)9(12)4-8/h2-4,7H,5-6,14H2,1H3/t7-,11?/m0/s1. The average Bonchev–Trinajstić information content (AvgIpc) is 2.83. The smallest absolute Gasteiger partial charge is 0.141 e. The van der Waals surface area contributed by atoms with Crippen molar-refractivity contribution in [3.05, 3.63) is 34.6 Å². The second kappa shape index (κ2) is 3.21. The lowest BCUT2D eigenvalue weighted by Gasteiger charge is -2.14. The lowest BCUT2D eigenvalue weighted by atomic mass is 9.94. The largest absolute Gasteiger partial charge is 0.330 e. The van der Waals surface area contributed by atoms with Crippen LogP contribution >= 0.6 is 11.6 Å². The van der Waals surface area contributed by atoms with Gasteiger partial charge in [0, 0.05) is 12.0 Å². The van der Waals surface area contributed by atoms with E-state index in [1.54, 1.807) is 12.1 Å². The first kappa shape index (κ1) is 9.94. The Morgan fingerprint density at radius 3 is 2.71 bits per heavy atom. The molecule has 1 aliphatic rings. The molecule has 14 heavy (non-hydrogen) atoms. The number of nitrogens with two attached hydrogens (primary N) is 1. The molecule has 0 bridgehead atoms. The van der Waals surface area contributed by atoms with Crippen molar-refractivity contribution < 1.29 is 4.39 Å². The third kappa shape index (κ3) is 1.33. The zero-order valence-electron chi connectivity index (χ0n) is 8.06. The molecule has 1 saturated carbocycles. The van der Waals surface area contributed by atoms with Gasteiger partial charge in [0.05, 0.1) is 5.02 Å². The van der Waals surface area contributed by atoms with Gasteiger partial charge in [-0.15, -0.1) is 0 Å². The van der Waals surface area contributed by atoms with Crippen LogP contribution in [-0.4, -0.2) is 6.54 Å². The molecule has 0 amide bonds. The van der Waals surface area contributed by atoms with Crippen LogP contribution in [0.1, 0.15) is 18.9 Å². The van der Waals surface area contributed by atoms with Gasteiger partial charge in [-0.25, -0.2) is 4.39 Å². The Balaban J connectivity index is 2.38. The molecule has 76 valence electrons. The summed E-state index contributed by atoms with van der Waals surface area (Å²) >= 11 is 5.74. The molecule has 1 fully saturated rings. The maximum atomic E-state index is 12.9. The molecule has 3 heteroatoms. The molecule has 0 saturated heterocycles. The van der Waals surface area contributed by atoms with Crippen LogP contribution in [0.15, 0.2) is 18.2 Å². The van der Waals surface area contributed by atoms with Crippen LogP contribution in [0.3, 0.4) is 0 Å². The molecule has 1 aliphatic carbocycles. The molecule has 1 aromatic rings. The lowest BCUT2D eigenvalue weighted by molar-refractivity contribution is 0.615. The summed E-state index contributed by atoms with van der Waals surface area (Å²) in [5.74, 6) is 0.213. The molecular weight excluding hydrogens is 201 g/mol. The van der Waals surface area contributed by atoms with Crippen molar-refractivity contribution in [2.75, 3.05) is 6.54 Å². The molecule has 0 aromatic heterocycles. The monoisotopic (exact) mass is 213 g/mol. The van der Waals surface area contributed by atoms with Crippen molar-refractivity contribution in [3.8, 4) is 0 Å². The zero-order chi connectivity index (χ0) is 10.3. The van der Waals surface area contributed by atoms with E-state index in [1.807, 2.05) is 0 Å². The number of hydrogen-bond donors (Lipinski definition) is 1. The van der Waals surface area contributed by atoms with Crippen molar-refractivity contribution in [2.24, 2.45) is 11.7 Å². The van der Waals surface area contributed by atoms with Gasteiger partial charge in [0.2, 0.25) is 0 Å². The van der Waals surface area contributed by atoms with Gasteiger partial charge < -0.3 is 5.73 Å². The molecular formula is C11H13ClFN. The molecule has 1 unspecified atom stereocenters. The third-order valence-electron chi connectivity index (χ3n) is 3.31. The highest BCUT2D eigenvalue weighted by Gasteiger charge is 2.51. The van der Waals surface area contributed by atoms with Gasteiger partial charge >= 0.3 is 0 Å². The highest BCUT2D eigenvalue weighted by Crippen LogP contribution is 2.53. The van der Waals surface area contributed by atoms with Gasteiger partial charge in [-0.05, 0) is 30.0 Å². The van der Waals surface area contributed by atoms with Gasteiger partial charge in [0.15, 0.2) is 0 Å². The summed E-state index contributed by atoms with van der Waals surface area (Å²) in [5.41, 5.74) is 6.86. The molecule has 2 atom stereocenters. The molecule has 2 rings (SSSR count). The summed E-state index contributed by atoms with van der Waals surface area (Å²) in [5, 5.41) is 0.189. The van der Waals surface area contributed by atoms with E-state index in [4.69, 9.17) is 17.3 Å². The number of benzene rings is 1. The molecule has 0 radical (unpaired) electrons. The fourth-order valence-electron chi connectivity index (χ4n) is 2.10. The molecule has 2 N–H and O–H groups in total. The second-order valence-electron chi connectivity index (χ2n) is 4.09. The van der Waals surface area contributed by atoms with E-state index in [0.29, 0.717) is 12.5 Å². The Morgan fingerprint density at radius 2 is 2.29 bits per heavy atom. The summed E-state index contributed by atoms with van der Waals surface area (Å²) < 4.78 is 12.9. The third-order valence-corrected chi connectivity index (χ3v) is 3.60. The summed E-state index contributed by atoms with van der Waals surface area (Å²) in [7, 11) is 0. The summed E-state index contributed by atoms with van der Waals surface area (Å²) in [6, 6.07) is 4.91. The molecule has 0 heterocycles. The average molecular weight is 214 g/mol. The second-order valence-corrected chi connectivity index (χ2v) is 4.50. The predicted molar refractivity (Wildman–Crippen MR) is 55.9 cm³/mol. The Kier molecular flexibility index (Phi) is 2.28. The van der Waals surface area contributed by atoms with Crippen molar-refractivity contribution in [3.63, 3.8) is 0 Å². The first-order valence-electron chi connectivity index (χ1n) is 4.76. The van der Waals surface area contributed by atoms with Crippen molar-refractivity contribution in [1.82, 2.24) is 0 Å². The molecule has 1 aromatic carbocycles. The molecule has 0 spiro atoms. The van der Waals surface area contributed by atoms with E-state index in [0.717, 1.165) is 12.0 Å². The van der Waals surface area contributed by atoms with Crippen molar-refractivity contribution in [2.45, 2.75) is 18.8 Å². The number of rotatable bonds is 2. The van der Waals surface area contributed by atoms with Gasteiger partial charge in [-0.2, -0.15) is 0 Å². The predicted octanol–water partition coefficient (Wildman–Crippen LogP) is 2.72. The van der Waals surface area contributed by atoms with Crippen LogP contribution in [0.2, 0.25) is 5.02 Å². The summed E-state index contributed by atoms with van der Waals surface area (Å²) in [4.78, 5) is 0. The summed E-state index contributed by atoms with van der Waals surface area (Å²) in [6.07, 6.45) is 1.07. The minimum atomic E-state index is -0.365. The van der Waals surface area contributed by atoms with Crippen LogP contribution in [0.25, 0.3) is 0 Å². The van der Waals surface area contributed by atoms with Gasteiger partial charge in [0.1, 0.15) is 5.82 Å². The van der Waals surface area contributed by atoms with E-state index in [-0.39, 0.29) is 16.3 Å². The minimum absolute atomic E-state index is 0.0529. The zero-order valence-corrected chi connectivity index (χ0v) is 8.81. The Bertz CT molecular complexity index is 362. The van der Waals surface area contributed by atoms with E-state index in [9.17, 15) is 4.39 Å². The van der Waals surface area contributed by atoms with Crippen LogP contribution in [0.4, 0.5) is 4.39 Å². The number of halogens is 2. The summed E-state index contributed by atoms with van der Waals surface area (Å²) in [6.45, 7) is 2.76. The molecule has 0 aliphatic heterocycles. The fourth-order valence-corrected chi connectivity index (χ4v) is 2.28. The maximum Gasteiger partial charge on any atom is 0.141 e. The lowest BCUT2D eigenvalue weighted by Crippen LogP contribution is -2.21. The Morgan fingerprint density at radius 1 is 1.64 bits per heavy atom. The fraction of sp³-hybridized carbons (Fsp3) is 0.455. The Hall–Kier alpha value is -0.600. The van der Waals surface area contributed by atoms with Gasteiger partial charge in [-0.1, -0.05) is 24.6 Å². The van der Waals surface area contributed by atoms with Crippen LogP contribution in [-0.2, 0) is 5.41 Å². The van der Waals surface area contributed by atoms with E-state index >= 15 is 0 Å². The molecule has 1 nitrogen and oxygen atoms in total. The van der Waals surface area contributed by atoms with Crippen LogP contribution in [0.5, 0.6) is 0 Å². The normalized spacial score (nSPS) is 30.4. The van der Waals surface area contributed by atoms with Crippen LogP contribution in [0, 0.1) is 11.7 Å².